The topological polar surface area (TPSA) is 261 Å². The molecular formula is C7H7AlO14Zr. The Labute approximate surface area is 158 Å². The Hall–Kier alpha value is -2.29. The van der Waals surface area contributed by atoms with Gasteiger partial charge in [-0.3, -0.25) is 0 Å². The van der Waals surface area contributed by atoms with E-state index in [0.717, 1.165) is 0 Å². The van der Waals surface area contributed by atoms with E-state index in [1.807, 2.05) is 0 Å². The molecule has 0 atom stereocenters. The average molecular weight is 433 g/mol. The summed E-state index contributed by atoms with van der Waals surface area (Å²) < 4.78 is 0. The minimum Gasteiger partial charge on any atom is -0.665 e. The quantitative estimate of drug-likeness (QED) is 0.147. The minimum absolute atomic E-state index is 0. The average Bonchev–Trinajstić information content (AvgIpc) is 2.35. The van der Waals surface area contributed by atoms with Crippen molar-refractivity contribution in [2.24, 2.45) is 0 Å². The first kappa shape index (κ1) is 58.7. The van der Waals surface area contributed by atoms with Gasteiger partial charge in [0.1, 0.15) is 0 Å². The van der Waals surface area contributed by atoms with E-state index in [-0.39, 0.29) is 43.6 Å². The van der Waals surface area contributed by atoms with Crippen molar-refractivity contribution in [1.82, 2.24) is 0 Å². The molecule has 0 unspecified atom stereocenters. The Morgan fingerprint density at radius 1 is 0.348 bits per heavy atom. The first-order chi connectivity index (χ1) is 9.90. The second-order valence-corrected chi connectivity index (χ2v) is 0.639. The predicted molar refractivity (Wildman–Crippen MR) is 64.0 cm³/mol. The number of hydrogen-bond donors (Lipinski definition) is 7. The third kappa shape index (κ3) is 1170. The fraction of sp³-hybridized carbons (Fsp3) is 0. The van der Waals surface area contributed by atoms with Gasteiger partial charge in [-0.1, -0.05) is 45.3 Å². The maximum absolute atomic E-state index is 8.24. The summed E-state index contributed by atoms with van der Waals surface area (Å²) in [4.78, 5) is 57.7. The second-order valence-electron chi connectivity index (χ2n) is 0.639. The first-order valence-electron chi connectivity index (χ1n) is 2.99. The normalized spacial score (nSPS) is 3.65. The van der Waals surface area contributed by atoms with Gasteiger partial charge >= 0.3 is 43.6 Å². The van der Waals surface area contributed by atoms with Crippen LogP contribution >= 0.6 is 0 Å². The third-order valence-corrected chi connectivity index (χ3v) is 0. The van der Waals surface area contributed by atoms with Crippen molar-refractivity contribution in [3.8, 4) is 0 Å². The molecule has 126 valence electrons. The fourth-order valence-corrected chi connectivity index (χ4v) is 0. The Morgan fingerprint density at radius 3 is 0.348 bits per heavy atom. The van der Waals surface area contributed by atoms with Gasteiger partial charge in [0.15, 0.2) is 0 Å². The van der Waals surface area contributed by atoms with E-state index in [2.05, 4.69) is 0 Å². The van der Waals surface area contributed by atoms with Gasteiger partial charge in [-0.2, -0.15) is 0 Å². The van der Waals surface area contributed by atoms with Gasteiger partial charge in [0, 0.05) is 0 Å². The van der Waals surface area contributed by atoms with Crippen LogP contribution in [0, 0.1) is 0 Å². The molecule has 0 amide bonds. The van der Waals surface area contributed by atoms with Gasteiger partial charge in [0.25, 0.3) is 0 Å². The van der Waals surface area contributed by atoms with Crippen LogP contribution in [0.25, 0.3) is 0 Å². The van der Waals surface area contributed by atoms with Crippen molar-refractivity contribution in [2.75, 3.05) is 0 Å². The third-order valence-electron chi connectivity index (χ3n) is 0. The second kappa shape index (κ2) is 311. The molecule has 0 aromatic heterocycles. The molecule has 14 nitrogen and oxygen atoms in total. The Morgan fingerprint density at radius 2 is 0.348 bits per heavy atom. The molecule has 0 radical (unpaired) electrons. The summed E-state index contributed by atoms with van der Waals surface area (Å²) in [7, 11) is 0. The maximum atomic E-state index is 8.24. The molecule has 0 aromatic carbocycles. The largest absolute Gasteiger partial charge is 4.00 e. The summed E-state index contributed by atoms with van der Waals surface area (Å²) >= 11 is 0. The van der Waals surface area contributed by atoms with Crippen LogP contribution in [0.2, 0.25) is 0 Å². The number of aliphatic hydroxyl groups excluding tert-OH is 7. The van der Waals surface area contributed by atoms with E-state index in [1.54, 1.807) is 0 Å². The van der Waals surface area contributed by atoms with E-state index in [4.69, 9.17) is 69.3 Å². The van der Waals surface area contributed by atoms with E-state index < -0.39 is 0 Å². The van der Waals surface area contributed by atoms with Crippen LogP contribution in [-0.2, 0) is 59.8 Å². The van der Waals surface area contributed by atoms with Crippen LogP contribution < -0.4 is 0 Å². The van der Waals surface area contributed by atoms with Crippen molar-refractivity contribution in [3.63, 3.8) is 0 Å². The van der Waals surface area contributed by atoms with Crippen LogP contribution in [0.15, 0.2) is 0 Å². The summed E-state index contributed by atoms with van der Waals surface area (Å²) in [5.74, 6) is 0. The fourth-order valence-electron chi connectivity index (χ4n) is 0. The summed E-state index contributed by atoms with van der Waals surface area (Å²) in [5, 5.41) is 47.3. The molecule has 0 bridgehead atoms. The van der Waals surface area contributed by atoms with Crippen LogP contribution in [0.1, 0.15) is 0 Å². The molecule has 7 N–H and O–H groups in total. The zero-order valence-electron chi connectivity index (χ0n) is 10.6. The molecule has 0 aliphatic rings. The van der Waals surface area contributed by atoms with Crippen LogP contribution in [-0.4, -0.2) is 98.4 Å². The molecule has 0 fully saturated rings. The van der Waals surface area contributed by atoms with E-state index in [0.29, 0.717) is 45.3 Å². The van der Waals surface area contributed by atoms with Gasteiger partial charge in [0.2, 0.25) is 0 Å². The van der Waals surface area contributed by atoms with Gasteiger partial charge in [0.05, 0.1) is 0 Å². The van der Waals surface area contributed by atoms with Gasteiger partial charge < -0.3 is 69.3 Å². The van der Waals surface area contributed by atoms with E-state index in [1.165, 1.54) is 0 Å². The Bertz CT molecular complexity index is 143. The Balaban J connectivity index is -0.0000000140. The molecule has 0 saturated carbocycles. The molecule has 0 aliphatic carbocycles. The van der Waals surface area contributed by atoms with E-state index in [9.17, 15) is 0 Å². The van der Waals surface area contributed by atoms with Crippen LogP contribution in [0.4, 0.5) is 0 Å². The Kier molecular flexibility index (Phi) is 794. The molecule has 23 heavy (non-hydrogen) atoms. The minimum atomic E-state index is 0. The molecule has 0 heterocycles. The standard InChI is InChI=1S/7CHO2.Al.Zr/c7*2-1-3;;/h7*(H,2,3);;/q7*-1;+3;+4. The molecular weight excluding hydrogens is 426 g/mol. The first-order valence-corrected chi connectivity index (χ1v) is 2.99. The molecule has 0 saturated heterocycles. The zero-order valence-corrected chi connectivity index (χ0v) is 14.2. The summed E-state index contributed by atoms with van der Waals surface area (Å²) in [5.41, 5.74) is 0. The summed E-state index contributed by atoms with van der Waals surface area (Å²) in [6.07, 6.45) is 0. The maximum Gasteiger partial charge on any atom is 4.00 e. The van der Waals surface area contributed by atoms with Gasteiger partial charge in [-0.05, 0) is 0 Å². The molecule has 0 spiro atoms. The SMILES string of the molecule is O=[C-]O.O=[C-]O.O=[C-]O.O=[C-]O.O=[C-]O.O=[C-]O.O=[C-]O.[Al+3].[Zr+4]. The van der Waals surface area contributed by atoms with Gasteiger partial charge in [-0.25, -0.2) is 0 Å². The molecule has 16 heteroatoms. The van der Waals surface area contributed by atoms with Crippen molar-refractivity contribution in [1.29, 1.82) is 0 Å². The van der Waals surface area contributed by atoms with Gasteiger partial charge in [-0.15, -0.1) is 0 Å². The molecule has 0 rings (SSSR count). The smallest absolute Gasteiger partial charge is 0.665 e. The van der Waals surface area contributed by atoms with E-state index >= 15 is 0 Å². The number of rotatable bonds is 0. The monoisotopic (exact) mass is 432 g/mol. The van der Waals surface area contributed by atoms with Crippen LogP contribution in [0.5, 0.6) is 0 Å². The molecule has 0 aliphatic heterocycles. The number of hydrogen-bond acceptors (Lipinski definition) is 7. The molecule has 0 aromatic rings. The zero-order chi connectivity index (χ0) is 18.9. The van der Waals surface area contributed by atoms with Crippen molar-refractivity contribution >= 4 is 62.7 Å². The predicted octanol–water partition coefficient (Wildman–Crippen LogP) is -3.10. The summed E-state index contributed by atoms with van der Waals surface area (Å²) in [6, 6.07) is 0. The summed E-state index contributed by atoms with van der Waals surface area (Å²) in [6.45, 7) is 3.50. The van der Waals surface area contributed by atoms with Crippen LogP contribution in [0.3, 0.4) is 0 Å². The van der Waals surface area contributed by atoms with Crippen molar-refractivity contribution in [3.05, 3.63) is 0 Å². The van der Waals surface area contributed by atoms with Crippen molar-refractivity contribution < 1.29 is 95.5 Å². The van der Waals surface area contributed by atoms with Crippen molar-refractivity contribution in [2.45, 2.75) is 0 Å².